The second kappa shape index (κ2) is 13.0. The molecule has 0 aliphatic carbocycles. The molecule has 2 amide bonds. The van der Waals surface area contributed by atoms with Crippen molar-refractivity contribution in [2.24, 2.45) is 0 Å². The normalized spacial score (nSPS) is 20.9. The average Bonchev–Trinajstić information content (AvgIpc) is 2.88. The van der Waals surface area contributed by atoms with Gasteiger partial charge in [-0.3, -0.25) is 9.69 Å². The fourth-order valence-corrected chi connectivity index (χ4v) is 5.77. The Morgan fingerprint density at radius 1 is 0.925 bits per heavy atom. The third-order valence-electron chi connectivity index (χ3n) is 7.72. The molecule has 2 aliphatic rings. The smallest absolute Gasteiger partial charge is 0.410 e. The molecule has 0 saturated carbocycles. The number of nitrogens with zero attached hydrogens (tertiary/aromatic N) is 3. The zero-order valence-electron chi connectivity index (χ0n) is 24.7. The molecule has 2 saturated heterocycles. The Morgan fingerprint density at radius 2 is 1.50 bits per heavy atom. The van der Waals surface area contributed by atoms with Crippen molar-refractivity contribution >= 4 is 17.7 Å². The molecule has 0 bridgehead atoms. The number of amides is 2. The van der Waals surface area contributed by atoms with Crippen LogP contribution in [-0.2, 0) is 22.5 Å². The van der Waals surface area contributed by atoms with Gasteiger partial charge in [0.15, 0.2) is 0 Å². The van der Waals surface area contributed by atoms with E-state index in [2.05, 4.69) is 48.3 Å². The van der Waals surface area contributed by atoms with Crippen LogP contribution in [0.5, 0.6) is 0 Å². The van der Waals surface area contributed by atoms with E-state index in [1.807, 2.05) is 30.6 Å². The molecule has 2 aromatic carbocycles. The molecule has 2 aromatic rings. The Balaban J connectivity index is 1.19. The molecule has 0 aromatic heterocycles. The number of hydrogen-bond donors (Lipinski definition) is 1. The lowest BCUT2D eigenvalue weighted by molar-refractivity contribution is -0.132. The maximum Gasteiger partial charge on any atom is 0.410 e. The Kier molecular flexibility index (Phi) is 9.72. The van der Waals surface area contributed by atoms with E-state index in [1.165, 1.54) is 23.3 Å². The monoisotopic (exact) mass is 552 g/mol. The number of nitrogens with one attached hydrogen (secondary N) is 1. The molecule has 2 atom stereocenters. The summed E-state index contributed by atoms with van der Waals surface area (Å²) in [6, 6.07) is 15.5. The minimum atomic E-state index is -0.499. The second-order valence-corrected chi connectivity index (χ2v) is 12.4. The molecule has 1 N–H and O–H groups in total. The van der Waals surface area contributed by atoms with Crippen LogP contribution < -0.4 is 5.32 Å². The van der Waals surface area contributed by atoms with Gasteiger partial charge in [0.05, 0.1) is 0 Å². The van der Waals surface area contributed by atoms with Crippen LogP contribution in [0.3, 0.4) is 0 Å². The Labute approximate surface area is 238 Å². The van der Waals surface area contributed by atoms with Gasteiger partial charge >= 0.3 is 6.09 Å². The van der Waals surface area contributed by atoms with Crippen LogP contribution in [-0.4, -0.2) is 76.6 Å². The molecule has 218 valence electrons. The fourth-order valence-electron chi connectivity index (χ4n) is 5.77. The van der Waals surface area contributed by atoms with Gasteiger partial charge in [-0.05, 0) is 89.3 Å². The number of carbonyl (C=O) groups is 2. The zero-order valence-corrected chi connectivity index (χ0v) is 24.7. The topological polar surface area (TPSA) is 65.1 Å². The second-order valence-electron chi connectivity index (χ2n) is 12.4. The van der Waals surface area contributed by atoms with Crippen LogP contribution in [0.15, 0.2) is 48.5 Å². The van der Waals surface area contributed by atoms with Gasteiger partial charge in [-0.15, -0.1) is 0 Å². The van der Waals surface area contributed by atoms with E-state index < -0.39 is 5.60 Å². The molecule has 40 heavy (non-hydrogen) atoms. The number of hydrogen-bond acceptors (Lipinski definition) is 5. The first-order valence-electron chi connectivity index (χ1n) is 14.6. The number of likely N-dealkylation sites (tertiary alicyclic amines) is 1. The first-order valence-corrected chi connectivity index (χ1v) is 14.6. The Morgan fingerprint density at radius 3 is 2.08 bits per heavy atom. The summed E-state index contributed by atoms with van der Waals surface area (Å²) in [7, 11) is 0. The van der Waals surface area contributed by atoms with Crippen molar-refractivity contribution in [2.45, 2.75) is 90.6 Å². The standard InChI is InChI=1S/C32H45FN4O3/c1-23-20-35(21-24(2)37(23)31(39)40-32(3,4)5)22-26-8-6-25(7-9-26)10-15-30(38)36-18-16-29(17-19-36)34-28-13-11-27(33)12-14-28/h6-9,11-14,23-24,29,34H,10,15-22H2,1-5H3/t23-,24+. The summed E-state index contributed by atoms with van der Waals surface area (Å²) < 4.78 is 18.7. The Hall–Kier alpha value is -3.13. The summed E-state index contributed by atoms with van der Waals surface area (Å²) in [5.74, 6) is -0.0322. The van der Waals surface area contributed by atoms with Crippen LogP contribution >= 0.6 is 0 Å². The molecule has 0 spiro atoms. The van der Waals surface area contributed by atoms with E-state index in [1.54, 1.807) is 12.1 Å². The molecule has 2 fully saturated rings. The highest BCUT2D eigenvalue weighted by atomic mass is 19.1. The predicted octanol–water partition coefficient (Wildman–Crippen LogP) is 5.69. The van der Waals surface area contributed by atoms with Gasteiger partial charge in [0.2, 0.25) is 5.91 Å². The van der Waals surface area contributed by atoms with Gasteiger partial charge in [-0.1, -0.05) is 24.3 Å². The number of rotatable bonds is 7. The lowest BCUT2D eigenvalue weighted by Gasteiger charge is -2.44. The van der Waals surface area contributed by atoms with Crippen LogP contribution in [0, 0.1) is 5.82 Å². The number of halogens is 1. The summed E-state index contributed by atoms with van der Waals surface area (Å²) in [5, 5.41) is 3.45. The minimum Gasteiger partial charge on any atom is -0.444 e. The van der Waals surface area contributed by atoms with E-state index in [9.17, 15) is 14.0 Å². The van der Waals surface area contributed by atoms with Gasteiger partial charge in [0.1, 0.15) is 11.4 Å². The summed E-state index contributed by atoms with van der Waals surface area (Å²) >= 11 is 0. The maximum absolute atomic E-state index is 13.1. The van der Waals surface area contributed by atoms with Crippen molar-refractivity contribution < 1.29 is 18.7 Å². The zero-order chi connectivity index (χ0) is 28.9. The van der Waals surface area contributed by atoms with Crippen molar-refractivity contribution in [1.29, 1.82) is 0 Å². The molecular weight excluding hydrogens is 507 g/mol. The van der Waals surface area contributed by atoms with Gasteiger partial charge in [-0.2, -0.15) is 0 Å². The summed E-state index contributed by atoms with van der Waals surface area (Å²) in [4.78, 5) is 31.7. The number of benzene rings is 2. The third kappa shape index (κ3) is 8.43. The lowest BCUT2D eigenvalue weighted by atomic mass is 10.0. The van der Waals surface area contributed by atoms with E-state index in [0.717, 1.165) is 57.7 Å². The predicted molar refractivity (Wildman–Crippen MR) is 157 cm³/mol. The molecule has 8 heteroatoms. The largest absolute Gasteiger partial charge is 0.444 e. The summed E-state index contributed by atoms with van der Waals surface area (Å²) in [5.41, 5.74) is 2.82. The Bertz CT molecular complexity index is 1110. The van der Waals surface area contributed by atoms with E-state index >= 15 is 0 Å². The van der Waals surface area contributed by atoms with Crippen LogP contribution in [0.1, 0.15) is 65.0 Å². The molecule has 0 unspecified atom stereocenters. The fraction of sp³-hybridized carbons (Fsp3) is 0.562. The number of piperazine rings is 1. The number of aryl methyl sites for hydroxylation is 1. The highest BCUT2D eigenvalue weighted by Gasteiger charge is 2.35. The van der Waals surface area contributed by atoms with Crippen molar-refractivity contribution in [3.8, 4) is 0 Å². The van der Waals surface area contributed by atoms with E-state index in [4.69, 9.17) is 4.74 Å². The van der Waals surface area contributed by atoms with Gasteiger partial charge in [0.25, 0.3) is 0 Å². The SMILES string of the molecule is C[C@@H]1CN(Cc2ccc(CCC(=O)N3CCC(Nc4ccc(F)cc4)CC3)cc2)C[C@H](C)N1C(=O)OC(C)(C)C. The van der Waals surface area contributed by atoms with Crippen LogP contribution in [0.2, 0.25) is 0 Å². The lowest BCUT2D eigenvalue weighted by Crippen LogP contribution is -2.59. The molecule has 2 aliphatic heterocycles. The number of anilines is 1. The van der Waals surface area contributed by atoms with Gasteiger partial charge < -0.3 is 19.9 Å². The molecular formula is C32H45FN4O3. The van der Waals surface area contributed by atoms with E-state index in [0.29, 0.717) is 12.5 Å². The molecule has 0 radical (unpaired) electrons. The summed E-state index contributed by atoms with van der Waals surface area (Å²) in [6.07, 6.45) is 2.78. The number of piperidine rings is 1. The molecule has 2 heterocycles. The first-order chi connectivity index (χ1) is 19.0. The van der Waals surface area contributed by atoms with Gasteiger partial charge in [-0.25, -0.2) is 9.18 Å². The van der Waals surface area contributed by atoms with Crippen molar-refractivity contribution in [1.82, 2.24) is 14.7 Å². The third-order valence-corrected chi connectivity index (χ3v) is 7.72. The van der Waals surface area contributed by atoms with Gasteiger partial charge in [0, 0.05) is 63.0 Å². The van der Waals surface area contributed by atoms with Crippen LogP contribution in [0.25, 0.3) is 0 Å². The minimum absolute atomic E-state index is 0.0765. The number of carbonyl (C=O) groups excluding carboxylic acids is 2. The highest BCUT2D eigenvalue weighted by Crippen LogP contribution is 2.22. The quantitative estimate of drug-likeness (QED) is 0.478. The number of ether oxygens (including phenoxy) is 1. The molecule has 7 nitrogen and oxygen atoms in total. The van der Waals surface area contributed by atoms with Crippen LogP contribution in [0.4, 0.5) is 14.9 Å². The van der Waals surface area contributed by atoms with Crippen molar-refractivity contribution in [2.75, 3.05) is 31.5 Å². The maximum atomic E-state index is 13.1. The molecule has 4 rings (SSSR count). The van der Waals surface area contributed by atoms with Crippen molar-refractivity contribution in [3.05, 3.63) is 65.5 Å². The van der Waals surface area contributed by atoms with E-state index in [-0.39, 0.29) is 29.9 Å². The summed E-state index contributed by atoms with van der Waals surface area (Å²) in [6.45, 7) is 13.8. The first kappa shape index (κ1) is 29.8. The highest BCUT2D eigenvalue weighted by molar-refractivity contribution is 5.76. The average molecular weight is 553 g/mol. The van der Waals surface area contributed by atoms with Crippen molar-refractivity contribution in [3.63, 3.8) is 0 Å².